The zero-order valence-corrected chi connectivity index (χ0v) is 16.8. The van der Waals surface area contributed by atoms with E-state index >= 15 is 0 Å². The fourth-order valence-corrected chi connectivity index (χ4v) is 4.79. The van der Waals surface area contributed by atoms with Gasteiger partial charge in [0.1, 0.15) is 10.6 Å². The summed E-state index contributed by atoms with van der Waals surface area (Å²) in [6, 6.07) is 8.34. The van der Waals surface area contributed by atoms with Crippen molar-refractivity contribution in [2.75, 3.05) is 13.1 Å². The third kappa shape index (κ3) is 3.47. The number of nitrogens with zero attached hydrogens (tertiary/aromatic N) is 3. The molecule has 3 aromatic rings. The van der Waals surface area contributed by atoms with E-state index in [1.807, 2.05) is 17.9 Å². The second-order valence-corrected chi connectivity index (χ2v) is 7.98. The van der Waals surface area contributed by atoms with E-state index in [-0.39, 0.29) is 30.2 Å². The average molecular weight is 409 g/mol. The number of nitrogens with two attached hydrogens (primary N) is 1. The number of amides is 1. The van der Waals surface area contributed by atoms with Crippen LogP contribution in [0.3, 0.4) is 0 Å². The Kier molecular flexibility index (Phi) is 5.55. The SMILES string of the molecule is Cc1nn(-c2ccc(F)cc2)c2sc(C(=O)N3CC(CN)CC3C)cc12.Cl. The molecule has 1 aliphatic heterocycles. The summed E-state index contributed by atoms with van der Waals surface area (Å²) in [5.74, 6) is 0.146. The first kappa shape index (κ1) is 19.8. The van der Waals surface area contributed by atoms with Crippen molar-refractivity contribution >= 4 is 39.9 Å². The minimum Gasteiger partial charge on any atom is -0.335 e. The third-order valence-corrected chi connectivity index (χ3v) is 6.18. The Morgan fingerprint density at radius 1 is 1.37 bits per heavy atom. The van der Waals surface area contributed by atoms with Crippen LogP contribution in [0.25, 0.3) is 15.9 Å². The summed E-state index contributed by atoms with van der Waals surface area (Å²) in [4.78, 5) is 16.5. The summed E-state index contributed by atoms with van der Waals surface area (Å²) >= 11 is 1.43. The number of likely N-dealkylation sites (tertiary alicyclic amines) is 1. The number of halogens is 2. The zero-order chi connectivity index (χ0) is 18.4. The fraction of sp³-hybridized carbons (Fsp3) is 0.368. The standard InChI is InChI=1S/C19H21FN4OS.ClH/c1-11-7-13(9-21)10-23(11)18(25)17-8-16-12(2)22-24(19(16)26-17)15-5-3-14(20)4-6-15;/h3-6,8,11,13H,7,9-10,21H2,1-2H3;1H. The van der Waals surface area contributed by atoms with Gasteiger partial charge in [0.2, 0.25) is 0 Å². The minimum absolute atomic E-state index is 0. The van der Waals surface area contributed by atoms with E-state index in [0.29, 0.717) is 23.9 Å². The number of fused-ring (bicyclic) bond motifs is 1. The van der Waals surface area contributed by atoms with Gasteiger partial charge in [-0.2, -0.15) is 5.10 Å². The van der Waals surface area contributed by atoms with E-state index in [1.165, 1.54) is 23.5 Å². The molecule has 4 rings (SSSR count). The molecular formula is C19H22ClFN4OS. The van der Waals surface area contributed by atoms with Gasteiger partial charge in [0.15, 0.2) is 0 Å². The maximum Gasteiger partial charge on any atom is 0.264 e. The molecule has 0 bridgehead atoms. The molecule has 1 aromatic carbocycles. The Labute approximate surface area is 167 Å². The van der Waals surface area contributed by atoms with Crippen molar-refractivity contribution in [3.63, 3.8) is 0 Å². The van der Waals surface area contributed by atoms with Crippen LogP contribution < -0.4 is 5.73 Å². The van der Waals surface area contributed by atoms with Crippen LogP contribution in [0.1, 0.15) is 28.7 Å². The molecule has 144 valence electrons. The van der Waals surface area contributed by atoms with Gasteiger partial charge in [-0.3, -0.25) is 4.79 Å². The van der Waals surface area contributed by atoms with Crippen LogP contribution in [0, 0.1) is 18.7 Å². The summed E-state index contributed by atoms with van der Waals surface area (Å²) in [6.07, 6.45) is 0.954. The molecule has 8 heteroatoms. The highest BCUT2D eigenvalue weighted by Gasteiger charge is 2.33. The summed E-state index contributed by atoms with van der Waals surface area (Å²) in [5.41, 5.74) is 7.42. The van der Waals surface area contributed by atoms with Crippen LogP contribution in [-0.4, -0.2) is 39.7 Å². The largest absolute Gasteiger partial charge is 0.335 e. The number of hydrogen-bond donors (Lipinski definition) is 1. The van der Waals surface area contributed by atoms with E-state index < -0.39 is 0 Å². The van der Waals surface area contributed by atoms with Crippen molar-refractivity contribution in [2.24, 2.45) is 11.7 Å². The average Bonchev–Trinajstić information content (AvgIpc) is 3.30. The maximum absolute atomic E-state index is 13.2. The molecule has 0 saturated carbocycles. The Morgan fingerprint density at radius 2 is 2.07 bits per heavy atom. The molecule has 2 unspecified atom stereocenters. The van der Waals surface area contributed by atoms with Crippen molar-refractivity contribution in [3.05, 3.63) is 46.7 Å². The Balaban J connectivity index is 0.00000210. The lowest BCUT2D eigenvalue weighted by Gasteiger charge is -2.20. The summed E-state index contributed by atoms with van der Waals surface area (Å²) in [6.45, 7) is 5.33. The lowest BCUT2D eigenvalue weighted by molar-refractivity contribution is 0.0748. The number of aromatic nitrogens is 2. The molecule has 2 atom stereocenters. The van der Waals surface area contributed by atoms with Gasteiger partial charge >= 0.3 is 0 Å². The second-order valence-electron chi connectivity index (χ2n) is 6.95. The molecule has 1 fully saturated rings. The number of rotatable bonds is 3. The van der Waals surface area contributed by atoms with Gasteiger partial charge in [0.05, 0.1) is 16.3 Å². The minimum atomic E-state index is -0.284. The van der Waals surface area contributed by atoms with Gasteiger partial charge in [-0.25, -0.2) is 9.07 Å². The van der Waals surface area contributed by atoms with E-state index in [1.54, 1.807) is 16.8 Å². The van der Waals surface area contributed by atoms with Gasteiger partial charge < -0.3 is 10.6 Å². The number of carbonyl (C=O) groups is 1. The monoisotopic (exact) mass is 408 g/mol. The first-order chi connectivity index (χ1) is 12.5. The van der Waals surface area contributed by atoms with Crippen molar-refractivity contribution in [3.8, 4) is 5.69 Å². The number of hydrogen-bond acceptors (Lipinski definition) is 4. The summed E-state index contributed by atoms with van der Waals surface area (Å²) in [7, 11) is 0. The summed E-state index contributed by atoms with van der Waals surface area (Å²) in [5, 5.41) is 5.51. The van der Waals surface area contributed by atoms with Crippen molar-refractivity contribution in [2.45, 2.75) is 26.3 Å². The highest BCUT2D eigenvalue weighted by Crippen LogP contribution is 2.33. The van der Waals surface area contributed by atoms with Crippen LogP contribution in [0.4, 0.5) is 4.39 Å². The van der Waals surface area contributed by atoms with Gasteiger partial charge in [0, 0.05) is 18.0 Å². The Hall–Kier alpha value is -1.96. The third-order valence-electron chi connectivity index (χ3n) is 5.08. The number of thiophene rings is 1. The highest BCUT2D eigenvalue weighted by molar-refractivity contribution is 7.20. The molecule has 2 N–H and O–H groups in total. The molecule has 3 heterocycles. The zero-order valence-electron chi connectivity index (χ0n) is 15.2. The molecule has 1 saturated heterocycles. The van der Waals surface area contributed by atoms with Crippen molar-refractivity contribution < 1.29 is 9.18 Å². The molecule has 1 aliphatic rings. The van der Waals surface area contributed by atoms with E-state index in [4.69, 9.17) is 5.73 Å². The highest BCUT2D eigenvalue weighted by atomic mass is 35.5. The molecule has 0 spiro atoms. The first-order valence-corrected chi connectivity index (χ1v) is 9.55. The fourth-order valence-electron chi connectivity index (χ4n) is 3.65. The lowest BCUT2D eigenvalue weighted by Crippen LogP contribution is -2.33. The number of carbonyl (C=O) groups excluding carboxylic acids is 1. The van der Waals surface area contributed by atoms with Gasteiger partial charge in [0.25, 0.3) is 5.91 Å². The molecule has 0 radical (unpaired) electrons. The van der Waals surface area contributed by atoms with Crippen LogP contribution >= 0.6 is 23.7 Å². The quantitative estimate of drug-likeness (QED) is 0.717. The molecule has 0 aliphatic carbocycles. The molecule has 1 amide bonds. The predicted octanol–water partition coefficient (Wildman–Crippen LogP) is 3.77. The Morgan fingerprint density at radius 3 is 2.70 bits per heavy atom. The van der Waals surface area contributed by atoms with E-state index in [0.717, 1.165) is 28.0 Å². The van der Waals surface area contributed by atoms with Crippen LogP contribution in [0.2, 0.25) is 0 Å². The second kappa shape index (κ2) is 7.58. The van der Waals surface area contributed by atoms with Gasteiger partial charge in [-0.15, -0.1) is 23.7 Å². The number of benzene rings is 1. The van der Waals surface area contributed by atoms with Crippen molar-refractivity contribution in [1.29, 1.82) is 0 Å². The number of aryl methyl sites for hydroxylation is 1. The van der Waals surface area contributed by atoms with Gasteiger partial charge in [-0.05, 0) is 63.1 Å². The van der Waals surface area contributed by atoms with E-state index in [2.05, 4.69) is 12.0 Å². The first-order valence-electron chi connectivity index (χ1n) is 8.74. The molecule has 2 aromatic heterocycles. The van der Waals surface area contributed by atoms with Crippen molar-refractivity contribution in [1.82, 2.24) is 14.7 Å². The summed E-state index contributed by atoms with van der Waals surface area (Å²) < 4.78 is 15.0. The lowest BCUT2D eigenvalue weighted by atomic mass is 10.1. The van der Waals surface area contributed by atoms with E-state index in [9.17, 15) is 9.18 Å². The van der Waals surface area contributed by atoms with Crippen LogP contribution in [0.15, 0.2) is 30.3 Å². The molecule has 27 heavy (non-hydrogen) atoms. The van der Waals surface area contributed by atoms with Gasteiger partial charge in [-0.1, -0.05) is 0 Å². The maximum atomic E-state index is 13.2. The van der Waals surface area contributed by atoms with Crippen LogP contribution in [0.5, 0.6) is 0 Å². The molecular weight excluding hydrogens is 387 g/mol. The Bertz CT molecular complexity index is 968. The normalized spacial score (nSPS) is 19.5. The molecule has 5 nitrogen and oxygen atoms in total. The smallest absolute Gasteiger partial charge is 0.264 e. The van der Waals surface area contributed by atoms with Crippen LogP contribution in [-0.2, 0) is 0 Å². The topological polar surface area (TPSA) is 64.2 Å². The predicted molar refractivity (Wildman–Crippen MR) is 109 cm³/mol.